The molecule has 0 unspecified atom stereocenters. The van der Waals surface area contributed by atoms with Crippen molar-refractivity contribution in [3.05, 3.63) is 23.8 Å². The minimum absolute atomic E-state index is 0.267. The fourth-order valence-corrected chi connectivity index (χ4v) is 3.12. The molecule has 0 heterocycles. The molecule has 0 aromatic heterocycles. The Hall–Kier alpha value is -0.890. The molecule has 0 N–H and O–H groups in total. The lowest BCUT2D eigenvalue weighted by molar-refractivity contribution is -0.156. The predicted molar refractivity (Wildman–Crippen MR) is 68.8 cm³/mol. The van der Waals surface area contributed by atoms with Crippen molar-refractivity contribution in [3.8, 4) is 0 Å². The summed E-state index contributed by atoms with van der Waals surface area (Å²) in [6.45, 7) is 6.25. The lowest BCUT2D eigenvalue weighted by Gasteiger charge is -2.50. The number of ketones is 1. The molecule has 3 aliphatic rings. The molecular formula is C15H22O2. The number of hydrogen-bond donors (Lipinski definition) is 0. The first-order valence-corrected chi connectivity index (χ1v) is 6.37. The molecule has 0 saturated heterocycles. The van der Waals surface area contributed by atoms with Crippen molar-refractivity contribution in [2.24, 2.45) is 11.3 Å². The van der Waals surface area contributed by atoms with Crippen LogP contribution >= 0.6 is 0 Å². The second-order valence-corrected chi connectivity index (χ2v) is 5.83. The van der Waals surface area contributed by atoms with E-state index >= 15 is 0 Å². The highest BCUT2D eigenvalue weighted by Gasteiger charge is 2.56. The molecule has 0 aromatic rings. The SMILES string of the molecule is CO[C@]12C=C[C@@H](CC1)[C@@](C)(CC=C(C)C)C2=O. The largest absolute Gasteiger partial charge is 0.366 e. The lowest BCUT2D eigenvalue weighted by Crippen LogP contribution is -2.57. The average molecular weight is 234 g/mol. The molecule has 1 saturated carbocycles. The zero-order valence-electron chi connectivity index (χ0n) is 11.2. The summed E-state index contributed by atoms with van der Waals surface area (Å²) in [6, 6.07) is 0. The third-order valence-electron chi connectivity index (χ3n) is 4.44. The molecule has 1 fully saturated rings. The van der Waals surface area contributed by atoms with Crippen LogP contribution in [0, 0.1) is 11.3 Å². The van der Waals surface area contributed by atoms with Crippen molar-refractivity contribution in [3.63, 3.8) is 0 Å². The van der Waals surface area contributed by atoms with E-state index in [2.05, 4.69) is 32.9 Å². The summed E-state index contributed by atoms with van der Waals surface area (Å²) in [6.07, 6.45) is 9.07. The molecule has 3 rings (SSSR count). The van der Waals surface area contributed by atoms with Gasteiger partial charge in [-0.15, -0.1) is 0 Å². The van der Waals surface area contributed by atoms with E-state index in [1.165, 1.54) is 5.57 Å². The van der Waals surface area contributed by atoms with E-state index in [9.17, 15) is 4.79 Å². The van der Waals surface area contributed by atoms with E-state index < -0.39 is 5.60 Å². The van der Waals surface area contributed by atoms with Gasteiger partial charge >= 0.3 is 0 Å². The standard InChI is InChI=1S/C15H22O2/c1-11(2)5-8-14(3)12-6-9-15(17-4,10-7-12)13(14)16/h5-6,9,12H,7-8,10H2,1-4H3/t12-,14+,15+/m0/s1. The van der Waals surface area contributed by atoms with Crippen molar-refractivity contribution < 1.29 is 9.53 Å². The Bertz CT molecular complexity index is 390. The second kappa shape index (κ2) is 4.09. The van der Waals surface area contributed by atoms with Crippen molar-refractivity contribution in [2.45, 2.75) is 45.6 Å². The van der Waals surface area contributed by atoms with Gasteiger partial charge in [-0.3, -0.25) is 4.79 Å². The van der Waals surface area contributed by atoms with Gasteiger partial charge in [0.05, 0.1) is 0 Å². The molecule has 0 radical (unpaired) electrons. The fraction of sp³-hybridized carbons (Fsp3) is 0.667. The molecule has 2 heteroatoms. The highest BCUT2D eigenvalue weighted by Crippen LogP contribution is 2.51. The van der Waals surface area contributed by atoms with E-state index in [1.807, 2.05) is 6.08 Å². The Labute approximate surface area is 104 Å². The molecule has 3 aliphatic carbocycles. The Morgan fingerprint density at radius 1 is 1.59 bits per heavy atom. The highest BCUT2D eigenvalue weighted by molar-refractivity contribution is 5.96. The van der Waals surface area contributed by atoms with Crippen molar-refractivity contribution >= 4 is 5.78 Å². The van der Waals surface area contributed by atoms with Crippen LogP contribution in [0.25, 0.3) is 0 Å². The highest BCUT2D eigenvalue weighted by atomic mass is 16.5. The third kappa shape index (κ3) is 1.79. The molecule has 0 amide bonds. The predicted octanol–water partition coefficient (Wildman–Crippen LogP) is 3.28. The summed E-state index contributed by atoms with van der Waals surface area (Å²) >= 11 is 0. The van der Waals surface area contributed by atoms with Crippen LogP contribution < -0.4 is 0 Å². The summed E-state index contributed by atoms with van der Waals surface area (Å²) in [7, 11) is 1.65. The number of rotatable bonds is 3. The first kappa shape index (κ1) is 12.6. The normalized spacial score (nSPS) is 39.5. The molecule has 17 heavy (non-hydrogen) atoms. The average Bonchev–Trinajstić information content (AvgIpc) is 2.34. The van der Waals surface area contributed by atoms with Gasteiger partial charge in [-0.1, -0.05) is 24.6 Å². The summed E-state index contributed by atoms with van der Waals surface area (Å²) < 4.78 is 5.52. The molecule has 2 nitrogen and oxygen atoms in total. The lowest BCUT2D eigenvalue weighted by atomic mass is 9.56. The first-order chi connectivity index (χ1) is 7.94. The van der Waals surface area contributed by atoms with Crippen LogP contribution in [0.3, 0.4) is 0 Å². The Kier molecular flexibility index (Phi) is 3.03. The third-order valence-corrected chi connectivity index (χ3v) is 4.44. The van der Waals surface area contributed by atoms with Crippen molar-refractivity contribution in [1.82, 2.24) is 0 Å². The maximum Gasteiger partial charge on any atom is 0.175 e. The molecule has 0 spiro atoms. The summed E-state index contributed by atoms with van der Waals surface area (Å²) in [5.74, 6) is 0.645. The van der Waals surface area contributed by atoms with E-state index in [-0.39, 0.29) is 11.2 Å². The van der Waals surface area contributed by atoms with Crippen LogP contribution in [0.4, 0.5) is 0 Å². The number of Topliss-reactive ketones (excluding diaryl/α,β-unsaturated/α-hetero) is 1. The van der Waals surface area contributed by atoms with Gasteiger partial charge < -0.3 is 4.74 Å². The smallest absolute Gasteiger partial charge is 0.175 e. The maximum atomic E-state index is 12.7. The van der Waals surface area contributed by atoms with E-state index in [1.54, 1.807) is 7.11 Å². The summed E-state index contributed by atoms with van der Waals surface area (Å²) in [5, 5.41) is 0. The van der Waals surface area contributed by atoms with E-state index in [0.717, 1.165) is 19.3 Å². The quantitative estimate of drug-likeness (QED) is 0.700. The van der Waals surface area contributed by atoms with E-state index in [4.69, 9.17) is 4.74 Å². The first-order valence-electron chi connectivity index (χ1n) is 6.37. The minimum atomic E-state index is -0.640. The Balaban J connectivity index is 2.34. The van der Waals surface area contributed by atoms with Gasteiger partial charge in [-0.05, 0) is 45.1 Å². The monoisotopic (exact) mass is 234 g/mol. The van der Waals surface area contributed by atoms with Gasteiger partial charge in [0.25, 0.3) is 0 Å². The molecule has 2 bridgehead atoms. The zero-order valence-corrected chi connectivity index (χ0v) is 11.2. The van der Waals surface area contributed by atoms with Crippen LogP contribution in [-0.4, -0.2) is 18.5 Å². The van der Waals surface area contributed by atoms with Crippen molar-refractivity contribution in [2.75, 3.05) is 7.11 Å². The Morgan fingerprint density at radius 3 is 2.76 bits per heavy atom. The molecule has 0 aliphatic heterocycles. The van der Waals surface area contributed by atoms with Crippen LogP contribution in [0.15, 0.2) is 23.8 Å². The molecule has 94 valence electrons. The number of methoxy groups -OCH3 is 1. The van der Waals surface area contributed by atoms with Crippen LogP contribution in [0.5, 0.6) is 0 Å². The molecule has 3 atom stereocenters. The van der Waals surface area contributed by atoms with Gasteiger partial charge in [0, 0.05) is 12.5 Å². The number of allylic oxidation sites excluding steroid dienone is 3. The maximum absolute atomic E-state index is 12.7. The van der Waals surface area contributed by atoms with Gasteiger partial charge in [0.1, 0.15) is 5.60 Å². The van der Waals surface area contributed by atoms with E-state index in [0.29, 0.717) is 5.92 Å². The number of ether oxygens (including phenoxy) is 1. The van der Waals surface area contributed by atoms with Crippen LogP contribution in [-0.2, 0) is 9.53 Å². The second-order valence-electron chi connectivity index (χ2n) is 5.83. The minimum Gasteiger partial charge on any atom is -0.366 e. The number of carbonyl (C=O) groups excluding carboxylic acids is 1. The number of fused-ring (bicyclic) bond motifs is 2. The summed E-state index contributed by atoms with van der Waals surface area (Å²) in [4.78, 5) is 12.7. The van der Waals surface area contributed by atoms with Crippen molar-refractivity contribution in [1.29, 1.82) is 0 Å². The van der Waals surface area contributed by atoms with Gasteiger partial charge in [0.15, 0.2) is 5.78 Å². The molecule has 0 aromatic carbocycles. The molecular weight excluding hydrogens is 212 g/mol. The van der Waals surface area contributed by atoms with Crippen LogP contribution in [0.2, 0.25) is 0 Å². The van der Waals surface area contributed by atoms with Gasteiger partial charge in [-0.25, -0.2) is 0 Å². The number of hydrogen-bond acceptors (Lipinski definition) is 2. The zero-order chi connectivity index (χ0) is 12.7. The van der Waals surface area contributed by atoms with Crippen LogP contribution in [0.1, 0.15) is 40.0 Å². The topological polar surface area (TPSA) is 26.3 Å². The fourth-order valence-electron chi connectivity index (χ4n) is 3.12. The summed E-state index contributed by atoms with van der Waals surface area (Å²) in [5.41, 5.74) is 0.357. The van der Waals surface area contributed by atoms with Gasteiger partial charge in [0.2, 0.25) is 0 Å². The number of carbonyl (C=O) groups is 1. The Morgan fingerprint density at radius 2 is 2.29 bits per heavy atom. The van der Waals surface area contributed by atoms with Gasteiger partial charge in [-0.2, -0.15) is 0 Å².